The first-order valence-electron chi connectivity index (χ1n) is 10.4. The van der Waals surface area contributed by atoms with Gasteiger partial charge in [0, 0.05) is 11.3 Å². The fourth-order valence-corrected chi connectivity index (χ4v) is 4.10. The molecule has 0 amide bonds. The Balaban J connectivity index is 2.05. The molecule has 1 atom stereocenters. The van der Waals surface area contributed by atoms with E-state index in [2.05, 4.69) is 11.2 Å². The molecule has 2 aliphatic rings. The summed E-state index contributed by atoms with van der Waals surface area (Å²) in [6.07, 6.45) is 10.4. The predicted molar refractivity (Wildman–Crippen MR) is 114 cm³/mol. The first-order chi connectivity index (χ1) is 14.5. The van der Waals surface area contributed by atoms with Crippen molar-refractivity contribution in [3.05, 3.63) is 58.1 Å². The number of ether oxygens (including phenoxy) is 2. The predicted octanol–water partition coefficient (Wildman–Crippen LogP) is 3.24. The fraction of sp³-hybridized carbons (Fsp3) is 0.417. The lowest BCUT2D eigenvalue weighted by atomic mass is 9.81. The summed E-state index contributed by atoms with van der Waals surface area (Å²) in [5.41, 5.74) is 8.61. The molecule has 0 bridgehead atoms. The first kappa shape index (κ1) is 21.5. The molecule has 0 radical (unpaired) electrons. The average molecular weight is 408 g/mol. The molecule has 0 aromatic heterocycles. The van der Waals surface area contributed by atoms with Crippen molar-refractivity contribution >= 4 is 11.9 Å². The van der Waals surface area contributed by atoms with Crippen LogP contribution in [0.1, 0.15) is 63.0 Å². The van der Waals surface area contributed by atoms with Gasteiger partial charge in [-0.2, -0.15) is 0 Å². The highest BCUT2D eigenvalue weighted by molar-refractivity contribution is 5.99. The lowest BCUT2D eigenvalue weighted by Gasteiger charge is -2.31. The molecule has 1 aliphatic heterocycles. The smallest absolute Gasteiger partial charge is 0.338 e. The monoisotopic (exact) mass is 408 g/mol. The van der Waals surface area contributed by atoms with Crippen LogP contribution in [-0.4, -0.2) is 24.6 Å². The zero-order valence-corrected chi connectivity index (χ0v) is 17.5. The van der Waals surface area contributed by atoms with Crippen LogP contribution in [0.3, 0.4) is 0 Å². The SMILES string of the molecule is C#Cc1cccc(C2C(C(=O)OC3CCCCC3)=C(C)NC(N)=C2C(=O)OCC)c1. The van der Waals surface area contributed by atoms with Gasteiger partial charge >= 0.3 is 11.9 Å². The maximum Gasteiger partial charge on any atom is 0.338 e. The van der Waals surface area contributed by atoms with Gasteiger partial charge in [0.15, 0.2) is 0 Å². The number of dihydropyridines is 1. The number of benzene rings is 1. The minimum absolute atomic E-state index is 0.112. The number of rotatable bonds is 5. The van der Waals surface area contributed by atoms with Crippen LogP contribution in [0.2, 0.25) is 0 Å². The Morgan fingerprint density at radius 1 is 1.20 bits per heavy atom. The molecule has 1 aromatic rings. The number of nitrogens with two attached hydrogens (primary N) is 1. The van der Waals surface area contributed by atoms with Gasteiger partial charge in [0.2, 0.25) is 0 Å². The van der Waals surface area contributed by atoms with Crippen molar-refractivity contribution < 1.29 is 19.1 Å². The molecule has 1 aliphatic carbocycles. The van der Waals surface area contributed by atoms with Crippen molar-refractivity contribution in [2.75, 3.05) is 6.61 Å². The summed E-state index contributed by atoms with van der Waals surface area (Å²) in [7, 11) is 0. The molecular formula is C24H28N2O4. The Hall–Kier alpha value is -3.20. The molecule has 3 rings (SSSR count). The molecule has 0 saturated heterocycles. The quantitative estimate of drug-likeness (QED) is 0.574. The number of terminal acetylenes is 1. The molecule has 1 fully saturated rings. The molecule has 6 heteroatoms. The lowest BCUT2D eigenvalue weighted by molar-refractivity contribution is -0.146. The second-order valence-electron chi connectivity index (χ2n) is 7.58. The van der Waals surface area contributed by atoms with E-state index in [1.54, 1.807) is 32.0 Å². The van der Waals surface area contributed by atoms with Crippen molar-refractivity contribution in [3.63, 3.8) is 0 Å². The molecule has 6 nitrogen and oxygen atoms in total. The number of hydrogen-bond donors (Lipinski definition) is 2. The van der Waals surface area contributed by atoms with Crippen LogP contribution in [0.25, 0.3) is 0 Å². The molecule has 1 aromatic carbocycles. The number of carbonyl (C=O) groups excluding carboxylic acids is 2. The summed E-state index contributed by atoms with van der Waals surface area (Å²) in [5, 5.41) is 2.96. The Labute approximate surface area is 177 Å². The zero-order chi connectivity index (χ0) is 21.7. The van der Waals surface area contributed by atoms with E-state index in [0.29, 0.717) is 22.4 Å². The Morgan fingerprint density at radius 3 is 2.60 bits per heavy atom. The van der Waals surface area contributed by atoms with Crippen molar-refractivity contribution in [1.82, 2.24) is 5.32 Å². The van der Waals surface area contributed by atoms with Crippen LogP contribution in [0.5, 0.6) is 0 Å². The molecule has 1 saturated carbocycles. The molecular weight excluding hydrogens is 380 g/mol. The normalized spacial score (nSPS) is 19.7. The number of allylic oxidation sites excluding steroid dienone is 1. The van der Waals surface area contributed by atoms with Gasteiger partial charge in [-0.05, 0) is 57.2 Å². The van der Waals surface area contributed by atoms with Crippen LogP contribution >= 0.6 is 0 Å². The molecule has 1 unspecified atom stereocenters. The maximum absolute atomic E-state index is 13.3. The molecule has 1 heterocycles. The average Bonchev–Trinajstić information content (AvgIpc) is 2.74. The van der Waals surface area contributed by atoms with Gasteiger partial charge in [0.1, 0.15) is 11.9 Å². The minimum atomic E-state index is -0.727. The van der Waals surface area contributed by atoms with Gasteiger partial charge in [-0.3, -0.25) is 0 Å². The summed E-state index contributed by atoms with van der Waals surface area (Å²) < 4.78 is 11.1. The van der Waals surface area contributed by atoms with Crippen molar-refractivity contribution in [1.29, 1.82) is 0 Å². The van der Waals surface area contributed by atoms with Gasteiger partial charge in [-0.25, -0.2) is 9.59 Å². The van der Waals surface area contributed by atoms with Crippen LogP contribution in [-0.2, 0) is 19.1 Å². The molecule has 30 heavy (non-hydrogen) atoms. The summed E-state index contributed by atoms with van der Waals surface area (Å²) in [4.78, 5) is 26.1. The second kappa shape index (κ2) is 9.53. The van der Waals surface area contributed by atoms with Gasteiger partial charge in [-0.15, -0.1) is 6.42 Å². The maximum atomic E-state index is 13.3. The van der Waals surface area contributed by atoms with E-state index >= 15 is 0 Å². The minimum Gasteiger partial charge on any atom is -0.463 e. The third-order valence-electron chi connectivity index (χ3n) is 5.52. The number of esters is 2. The number of hydrogen-bond acceptors (Lipinski definition) is 6. The highest BCUT2D eigenvalue weighted by atomic mass is 16.5. The largest absolute Gasteiger partial charge is 0.463 e. The van der Waals surface area contributed by atoms with E-state index in [0.717, 1.165) is 32.1 Å². The number of carbonyl (C=O) groups is 2. The van der Waals surface area contributed by atoms with Crippen molar-refractivity contribution in [2.24, 2.45) is 5.73 Å². The van der Waals surface area contributed by atoms with Crippen LogP contribution < -0.4 is 11.1 Å². The van der Waals surface area contributed by atoms with Crippen LogP contribution in [0.15, 0.2) is 46.9 Å². The van der Waals surface area contributed by atoms with E-state index in [4.69, 9.17) is 21.6 Å². The van der Waals surface area contributed by atoms with Gasteiger partial charge in [0.25, 0.3) is 0 Å². The molecule has 158 valence electrons. The number of nitrogens with one attached hydrogen (secondary N) is 1. The topological polar surface area (TPSA) is 90.6 Å². The summed E-state index contributed by atoms with van der Waals surface area (Å²) in [5.74, 6) is 1.01. The fourth-order valence-electron chi connectivity index (χ4n) is 4.10. The van der Waals surface area contributed by atoms with E-state index < -0.39 is 17.9 Å². The van der Waals surface area contributed by atoms with E-state index in [-0.39, 0.29) is 24.1 Å². The molecule has 0 spiro atoms. The van der Waals surface area contributed by atoms with Gasteiger partial charge in [-0.1, -0.05) is 24.5 Å². The summed E-state index contributed by atoms with van der Waals surface area (Å²) in [6, 6.07) is 7.19. The summed E-state index contributed by atoms with van der Waals surface area (Å²) >= 11 is 0. The van der Waals surface area contributed by atoms with E-state index in [9.17, 15) is 9.59 Å². The Morgan fingerprint density at radius 2 is 1.93 bits per heavy atom. The zero-order valence-electron chi connectivity index (χ0n) is 17.5. The van der Waals surface area contributed by atoms with Crippen LogP contribution in [0, 0.1) is 12.3 Å². The van der Waals surface area contributed by atoms with Crippen molar-refractivity contribution in [3.8, 4) is 12.3 Å². The van der Waals surface area contributed by atoms with Crippen molar-refractivity contribution in [2.45, 2.75) is 58.0 Å². The van der Waals surface area contributed by atoms with E-state index in [1.807, 2.05) is 6.07 Å². The van der Waals surface area contributed by atoms with Crippen LogP contribution in [0.4, 0.5) is 0 Å². The third-order valence-corrected chi connectivity index (χ3v) is 5.52. The Bertz CT molecular complexity index is 933. The lowest BCUT2D eigenvalue weighted by Crippen LogP contribution is -2.37. The van der Waals surface area contributed by atoms with Gasteiger partial charge in [0.05, 0.1) is 23.7 Å². The highest BCUT2D eigenvalue weighted by Gasteiger charge is 2.39. The Kier molecular flexibility index (Phi) is 6.83. The highest BCUT2D eigenvalue weighted by Crippen LogP contribution is 2.39. The molecule has 3 N–H and O–H groups in total. The third kappa shape index (κ3) is 4.51. The van der Waals surface area contributed by atoms with Gasteiger partial charge < -0.3 is 20.5 Å². The summed E-state index contributed by atoms with van der Waals surface area (Å²) in [6.45, 7) is 3.67. The van der Waals surface area contributed by atoms with E-state index in [1.165, 1.54) is 0 Å². The standard InChI is InChI=1S/C24H28N2O4/c1-4-16-10-9-11-17(14-16)20-19(24(28)30-18-12-7-6-8-13-18)15(3)26-22(25)21(20)23(27)29-5-2/h1,9-11,14,18,20,26H,5-8,12-13,25H2,2-3H3. The second-order valence-corrected chi connectivity index (χ2v) is 7.58. The first-order valence-corrected chi connectivity index (χ1v) is 10.4.